The van der Waals surface area contributed by atoms with Crippen LogP contribution in [0.5, 0.6) is 0 Å². The summed E-state index contributed by atoms with van der Waals surface area (Å²) in [6.45, 7) is 0. The van der Waals surface area contributed by atoms with Crippen molar-refractivity contribution in [1.29, 1.82) is 0 Å². The van der Waals surface area contributed by atoms with Gasteiger partial charge in [0.25, 0.3) is 30.4 Å². The number of anilines is 5. The summed E-state index contributed by atoms with van der Waals surface area (Å²) in [5.41, 5.74) is 30.2. The van der Waals surface area contributed by atoms with E-state index in [1.165, 1.54) is 60.7 Å². The number of nitrogen functional groups attached to an aromatic ring is 5. The highest BCUT2D eigenvalue weighted by Gasteiger charge is 2.16. The molecular weight excluding hydrogens is 623 g/mol. The molecule has 0 aliphatic heterocycles. The molecule has 0 bridgehead atoms. The van der Waals surface area contributed by atoms with Gasteiger partial charge in [0, 0.05) is 50.0 Å². The lowest BCUT2D eigenvalue weighted by Crippen LogP contribution is -2.02. The first kappa shape index (κ1) is 32.9. The zero-order valence-corrected chi connectivity index (χ0v) is 24.4. The SMILES string of the molecule is Nc1ccc(N)c2c(S(=O)(=O)O)cccc12.Nc1ccc(N)c2cc(S(=O)(=O)O)ccc12.Nc1ccc(S(=O)(=O)O)cc1. The highest BCUT2D eigenvalue weighted by atomic mass is 32.2. The van der Waals surface area contributed by atoms with E-state index in [0.717, 1.165) is 0 Å². The second kappa shape index (κ2) is 12.3. The Kier molecular flexibility index (Phi) is 9.40. The van der Waals surface area contributed by atoms with Crippen LogP contribution in [0.1, 0.15) is 0 Å². The molecule has 5 aromatic rings. The number of rotatable bonds is 3. The number of hydrogen-bond donors (Lipinski definition) is 8. The Labute approximate surface area is 247 Å². The minimum atomic E-state index is -4.30. The lowest BCUT2D eigenvalue weighted by atomic mass is 10.1. The number of hydrogen-bond acceptors (Lipinski definition) is 11. The van der Waals surface area contributed by atoms with Gasteiger partial charge in [-0.25, -0.2) is 0 Å². The summed E-state index contributed by atoms with van der Waals surface area (Å²) in [6.07, 6.45) is 0. The average Bonchev–Trinajstić information content (AvgIpc) is 2.92. The fourth-order valence-electron chi connectivity index (χ4n) is 3.81. The lowest BCUT2D eigenvalue weighted by Gasteiger charge is -2.08. The molecular formula is C26H27N5O9S3. The van der Waals surface area contributed by atoms with E-state index < -0.39 is 30.4 Å². The van der Waals surface area contributed by atoms with Crippen molar-refractivity contribution in [3.63, 3.8) is 0 Å². The predicted molar refractivity (Wildman–Crippen MR) is 166 cm³/mol. The van der Waals surface area contributed by atoms with Crippen LogP contribution in [0.2, 0.25) is 0 Å². The Bertz CT molecular complexity index is 2140. The van der Waals surface area contributed by atoms with E-state index in [-0.39, 0.29) is 25.8 Å². The van der Waals surface area contributed by atoms with Gasteiger partial charge in [-0.1, -0.05) is 18.2 Å². The van der Waals surface area contributed by atoms with Crippen LogP contribution in [0, 0.1) is 0 Å². The topological polar surface area (TPSA) is 293 Å². The third kappa shape index (κ3) is 8.01. The molecule has 0 spiro atoms. The van der Waals surface area contributed by atoms with E-state index >= 15 is 0 Å². The largest absolute Gasteiger partial charge is 0.399 e. The Morgan fingerprint density at radius 1 is 0.442 bits per heavy atom. The monoisotopic (exact) mass is 649 g/mol. The molecule has 0 radical (unpaired) electrons. The zero-order valence-electron chi connectivity index (χ0n) is 22.0. The summed E-state index contributed by atoms with van der Waals surface area (Å²) in [5, 5.41) is 1.93. The molecule has 14 nitrogen and oxygen atoms in total. The van der Waals surface area contributed by atoms with Crippen molar-refractivity contribution in [3.05, 3.63) is 84.9 Å². The van der Waals surface area contributed by atoms with Crippen LogP contribution in [-0.4, -0.2) is 38.9 Å². The van der Waals surface area contributed by atoms with Crippen molar-refractivity contribution in [2.75, 3.05) is 28.7 Å². The van der Waals surface area contributed by atoms with Gasteiger partial charge in [0.1, 0.15) is 4.90 Å². The Hall–Kier alpha value is -4.65. The van der Waals surface area contributed by atoms with Crippen LogP contribution in [0.25, 0.3) is 21.5 Å². The van der Waals surface area contributed by atoms with Gasteiger partial charge < -0.3 is 28.7 Å². The summed E-state index contributed by atoms with van der Waals surface area (Å²) in [5.74, 6) is 0. The van der Waals surface area contributed by atoms with Crippen molar-refractivity contribution in [1.82, 2.24) is 0 Å². The van der Waals surface area contributed by atoms with Crippen LogP contribution >= 0.6 is 0 Å². The molecule has 0 fully saturated rings. The van der Waals surface area contributed by atoms with Crippen LogP contribution in [0.15, 0.2) is 99.6 Å². The lowest BCUT2D eigenvalue weighted by molar-refractivity contribution is 0.481. The van der Waals surface area contributed by atoms with Crippen LogP contribution in [-0.2, 0) is 30.4 Å². The molecule has 0 aliphatic carbocycles. The molecule has 0 aliphatic rings. The predicted octanol–water partition coefficient (Wildman–Crippen LogP) is 3.02. The minimum Gasteiger partial charge on any atom is -0.399 e. The second-order valence-corrected chi connectivity index (χ2v) is 13.1. The number of fused-ring (bicyclic) bond motifs is 2. The molecule has 0 saturated carbocycles. The standard InChI is InChI=1S/2C10H10N2O3S.C6H7NO3S/c11-9-3-4-10(12)8-5-6(16(13,14)15)1-2-7(8)9;11-7-4-5-8(12)10-6(7)2-1-3-9(10)16(13,14)15;7-5-1-3-6(4-2-5)11(8,9)10/h2*1-5H,11-12H2,(H,13,14,15);1-4H,7H2,(H,8,9,10). The summed E-state index contributed by atoms with van der Waals surface area (Å²) < 4.78 is 91.7. The first-order chi connectivity index (χ1) is 19.8. The van der Waals surface area contributed by atoms with Gasteiger partial charge in [-0.2, -0.15) is 25.3 Å². The molecule has 43 heavy (non-hydrogen) atoms. The third-order valence-corrected chi connectivity index (χ3v) is 8.49. The van der Waals surface area contributed by atoms with E-state index in [4.69, 9.17) is 42.3 Å². The number of benzene rings is 5. The highest BCUT2D eigenvalue weighted by molar-refractivity contribution is 7.86. The van der Waals surface area contributed by atoms with Gasteiger partial charge in [-0.15, -0.1) is 0 Å². The Morgan fingerprint density at radius 3 is 1.42 bits per heavy atom. The fraction of sp³-hybridized carbons (Fsp3) is 0. The zero-order chi connectivity index (χ0) is 32.3. The molecule has 0 aromatic heterocycles. The average molecular weight is 650 g/mol. The first-order valence-corrected chi connectivity index (χ1v) is 16.0. The van der Waals surface area contributed by atoms with E-state index in [1.54, 1.807) is 24.3 Å². The van der Waals surface area contributed by atoms with E-state index in [9.17, 15) is 25.3 Å². The molecule has 0 amide bonds. The Morgan fingerprint density at radius 2 is 0.907 bits per heavy atom. The van der Waals surface area contributed by atoms with E-state index in [0.29, 0.717) is 38.9 Å². The highest BCUT2D eigenvalue weighted by Crippen LogP contribution is 2.32. The summed E-state index contributed by atoms with van der Waals surface area (Å²) in [7, 11) is -12.6. The van der Waals surface area contributed by atoms with E-state index in [2.05, 4.69) is 0 Å². The van der Waals surface area contributed by atoms with Crippen LogP contribution in [0.4, 0.5) is 28.4 Å². The maximum atomic E-state index is 11.2. The van der Waals surface area contributed by atoms with Gasteiger partial charge in [-0.3, -0.25) is 13.7 Å². The molecule has 17 heteroatoms. The maximum Gasteiger partial charge on any atom is 0.295 e. The van der Waals surface area contributed by atoms with Crippen molar-refractivity contribution < 1.29 is 38.9 Å². The van der Waals surface area contributed by atoms with Gasteiger partial charge >= 0.3 is 0 Å². The van der Waals surface area contributed by atoms with E-state index in [1.807, 2.05) is 0 Å². The summed E-state index contributed by atoms with van der Waals surface area (Å²) >= 11 is 0. The first-order valence-electron chi connectivity index (χ1n) is 11.7. The number of nitrogens with two attached hydrogens (primary N) is 5. The molecule has 228 valence electrons. The van der Waals surface area contributed by atoms with Gasteiger partial charge in [-0.05, 0) is 66.7 Å². The van der Waals surface area contributed by atoms with Crippen LogP contribution in [0.3, 0.4) is 0 Å². The van der Waals surface area contributed by atoms with Gasteiger partial charge in [0.05, 0.1) is 9.79 Å². The van der Waals surface area contributed by atoms with Gasteiger partial charge in [0.15, 0.2) is 0 Å². The second-order valence-electron chi connectivity index (χ2n) is 8.87. The molecule has 0 unspecified atom stereocenters. The molecule has 0 heterocycles. The molecule has 0 saturated heterocycles. The Balaban J connectivity index is 0.000000180. The van der Waals surface area contributed by atoms with Crippen molar-refractivity contribution in [3.8, 4) is 0 Å². The smallest absolute Gasteiger partial charge is 0.295 e. The summed E-state index contributed by atoms with van der Waals surface area (Å²) in [6, 6.07) is 20.2. The molecule has 13 N–H and O–H groups in total. The summed E-state index contributed by atoms with van der Waals surface area (Å²) in [4.78, 5) is -0.571. The molecule has 0 atom stereocenters. The van der Waals surface area contributed by atoms with Crippen molar-refractivity contribution in [2.24, 2.45) is 0 Å². The quantitative estimate of drug-likeness (QED) is 0.103. The minimum absolute atomic E-state index is 0.147. The van der Waals surface area contributed by atoms with Crippen LogP contribution < -0.4 is 28.7 Å². The van der Waals surface area contributed by atoms with Crippen molar-refractivity contribution >= 4 is 80.3 Å². The fourth-order valence-corrected chi connectivity index (χ4v) is 5.53. The normalized spacial score (nSPS) is 11.7. The third-order valence-electron chi connectivity index (χ3n) is 5.88. The van der Waals surface area contributed by atoms with Gasteiger partial charge in [0.2, 0.25) is 0 Å². The molecule has 5 aromatic carbocycles. The van der Waals surface area contributed by atoms with Crippen molar-refractivity contribution in [2.45, 2.75) is 14.7 Å². The maximum absolute atomic E-state index is 11.2. The molecule has 5 rings (SSSR count).